The zero-order chi connectivity index (χ0) is 10.2. The zero-order valence-electron chi connectivity index (χ0n) is 7.81. The van der Waals surface area contributed by atoms with Crippen molar-refractivity contribution in [3.05, 3.63) is 11.1 Å². The summed E-state index contributed by atoms with van der Waals surface area (Å²) in [6.45, 7) is 2.64. The van der Waals surface area contributed by atoms with Crippen LogP contribution < -0.4 is 5.73 Å². The van der Waals surface area contributed by atoms with E-state index in [9.17, 15) is 8.42 Å². The molecule has 0 spiro atoms. The third-order valence-corrected chi connectivity index (χ3v) is 3.62. The molecule has 2 N–H and O–H groups in total. The molecular weight excluding hydrogens is 202 g/mol. The van der Waals surface area contributed by atoms with Crippen molar-refractivity contribution >= 4 is 15.7 Å². The van der Waals surface area contributed by atoms with Crippen LogP contribution in [0.5, 0.6) is 0 Å². The molecule has 5 nitrogen and oxygen atoms in total. The van der Waals surface area contributed by atoms with E-state index in [0.29, 0.717) is 12.3 Å². The van der Waals surface area contributed by atoms with Crippen LogP contribution >= 0.6 is 0 Å². The van der Waals surface area contributed by atoms with Crippen LogP contribution in [0.2, 0.25) is 0 Å². The number of hydrogen-bond donors (Lipinski definition) is 1. The molecular formula is C8H13N3O2S. The maximum absolute atomic E-state index is 11.1. The van der Waals surface area contributed by atoms with E-state index in [-0.39, 0.29) is 5.03 Å². The Morgan fingerprint density at radius 3 is 2.57 bits per heavy atom. The molecule has 14 heavy (non-hydrogen) atoms. The van der Waals surface area contributed by atoms with Crippen LogP contribution in [0.25, 0.3) is 0 Å². The summed E-state index contributed by atoms with van der Waals surface area (Å²) in [6.07, 6.45) is 3.81. The van der Waals surface area contributed by atoms with Gasteiger partial charge in [-0.25, -0.2) is 0 Å². The summed E-state index contributed by atoms with van der Waals surface area (Å²) in [5, 5.41) is -0.133. The molecule has 0 aromatic heterocycles. The molecule has 2 heterocycles. The standard InChI is InChI=1S/C8H13N3O2S/c9-8-5-7(10-14(8,12)13)6-11-3-1-2-4-11/h5H,1-4,6,9H2. The Morgan fingerprint density at radius 2 is 2.07 bits per heavy atom. The maximum Gasteiger partial charge on any atom is 0.297 e. The number of sulfonamides is 1. The fraction of sp³-hybridized carbons (Fsp3) is 0.625. The van der Waals surface area contributed by atoms with E-state index < -0.39 is 10.0 Å². The largest absolute Gasteiger partial charge is 0.388 e. The second kappa shape index (κ2) is 3.36. The van der Waals surface area contributed by atoms with E-state index in [1.807, 2.05) is 0 Å². The molecule has 0 atom stereocenters. The van der Waals surface area contributed by atoms with Crippen LogP contribution in [0, 0.1) is 0 Å². The Hall–Kier alpha value is -0.880. The van der Waals surface area contributed by atoms with Crippen LogP contribution in [-0.2, 0) is 10.0 Å². The fourth-order valence-corrected chi connectivity index (χ4v) is 2.53. The lowest BCUT2D eigenvalue weighted by Gasteiger charge is -2.12. The molecule has 0 amide bonds. The Balaban J connectivity index is 2.07. The SMILES string of the molecule is NC1=CC(CN2CCCC2)=NS1(=O)=O. The molecule has 0 bridgehead atoms. The Morgan fingerprint density at radius 1 is 1.43 bits per heavy atom. The van der Waals surface area contributed by atoms with Crippen molar-refractivity contribution in [3.63, 3.8) is 0 Å². The Labute approximate surface area is 83.3 Å². The highest BCUT2D eigenvalue weighted by Gasteiger charge is 2.23. The average molecular weight is 215 g/mol. The normalized spacial score (nSPS) is 26.3. The molecule has 2 aliphatic heterocycles. The highest BCUT2D eigenvalue weighted by molar-refractivity contribution is 7.94. The molecule has 1 saturated heterocycles. The summed E-state index contributed by atoms with van der Waals surface area (Å²) < 4.78 is 25.9. The van der Waals surface area contributed by atoms with Crippen molar-refractivity contribution in [3.8, 4) is 0 Å². The van der Waals surface area contributed by atoms with Crippen LogP contribution in [-0.4, -0.2) is 38.7 Å². The number of nitrogens with zero attached hydrogens (tertiary/aromatic N) is 2. The monoisotopic (exact) mass is 215 g/mol. The number of hydrogen-bond acceptors (Lipinski definition) is 4. The maximum atomic E-state index is 11.1. The van der Waals surface area contributed by atoms with Gasteiger partial charge in [-0.3, -0.25) is 4.90 Å². The van der Waals surface area contributed by atoms with Gasteiger partial charge < -0.3 is 5.73 Å². The molecule has 1 fully saturated rings. The average Bonchev–Trinajstić information content (AvgIpc) is 2.62. The summed E-state index contributed by atoms with van der Waals surface area (Å²) in [6, 6.07) is 0. The number of rotatable bonds is 2. The molecule has 0 aliphatic carbocycles. The van der Waals surface area contributed by atoms with Gasteiger partial charge in [-0.1, -0.05) is 0 Å². The van der Waals surface area contributed by atoms with E-state index >= 15 is 0 Å². The van der Waals surface area contributed by atoms with E-state index in [2.05, 4.69) is 9.30 Å². The third-order valence-electron chi connectivity index (χ3n) is 2.43. The van der Waals surface area contributed by atoms with Crippen LogP contribution in [0.15, 0.2) is 15.5 Å². The van der Waals surface area contributed by atoms with Crippen molar-refractivity contribution < 1.29 is 8.42 Å². The summed E-state index contributed by atoms with van der Waals surface area (Å²) in [7, 11) is -3.52. The Kier molecular flexibility index (Phi) is 2.32. The van der Waals surface area contributed by atoms with Gasteiger partial charge in [0.2, 0.25) is 0 Å². The second-order valence-electron chi connectivity index (χ2n) is 3.59. The van der Waals surface area contributed by atoms with E-state index in [0.717, 1.165) is 13.1 Å². The van der Waals surface area contributed by atoms with Gasteiger partial charge in [-0.15, -0.1) is 0 Å². The first kappa shape index (κ1) is 9.67. The first-order valence-corrected chi connectivity index (χ1v) is 6.05. The van der Waals surface area contributed by atoms with Crippen molar-refractivity contribution in [1.82, 2.24) is 4.90 Å². The number of likely N-dealkylation sites (tertiary alicyclic amines) is 1. The lowest BCUT2D eigenvalue weighted by molar-refractivity contribution is 0.389. The van der Waals surface area contributed by atoms with Crippen LogP contribution in [0.1, 0.15) is 12.8 Å². The van der Waals surface area contributed by atoms with E-state index in [1.54, 1.807) is 0 Å². The van der Waals surface area contributed by atoms with Crippen molar-refractivity contribution in [2.24, 2.45) is 10.1 Å². The molecule has 0 saturated carbocycles. The lowest BCUT2D eigenvalue weighted by atomic mass is 10.3. The highest BCUT2D eigenvalue weighted by atomic mass is 32.2. The fourth-order valence-electron chi connectivity index (χ4n) is 1.72. The molecule has 2 rings (SSSR count). The summed E-state index contributed by atoms with van der Waals surface area (Å²) in [4.78, 5) is 2.18. The van der Waals surface area contributed by atoms with E-state index in [1.165, 1.54) is 18.9 Å². The van der Waals surface area contributed by atoms with Crippen molar-refractivity contribution in [2.75, 3.05) is 19.6 Å². The smallest absolute Gasteiger partial charge is 0.297 e. The minimum atomic E-state index is -3.52. The topological polar surface area (TPSA) is 75.8 Å². The van der Waals surface area contributed by atoms with Gasteiger partial charge in [0, 0.05) is 6.54 Å². The molecule has 0 unspecified atom stereocenters. The molecule has 6 heteroatoms. The first-order valence-electron chi connectivity index (χ1n) is 4.61. The molecule has 0 aromatic carbocycles. The van der Waals surface area contributed by atoms with Crippen molar-refractivity contribution in [1.29, 1.82) is 0 Å². The van der Waals surface area contributed by atoms with Gasteiger partial charge in [0.25, 0.3) is 10.0 Å². The quantitative estimate of drug-likeness (QED) is 0.684. The molecule has 78 valence electrons. The predicted octanol–water partition coefficient (Wildman–Crippen LogP) is -0.333. The summed E-state index contributed by atoms with van der Waals surface area (Å²) in [5.74, 6) is 0. The highest BCUT2D eigenvalue weighted by Crippen LogP contribution is 2.14. The molecule has 0 aromatic rings. The van der Waals surface area contributed by atoms with Gasteiger partial charge in [0.15, 0.2) is 5.03 Å². The zero-order valence-corrected chi connectivity index (χ0v) is 8.63. The van der Waals surface area contributed by atoms with Crippen LogP contribution in [0.3, 0.4) is 0 Å². The minimum absolute atomic E-state index is 0.133. The lowest BCUT2D eigenvalue weighted by Crippen LogP contribution is -2.25. The first-order chi connectivity index (χ1) is 6.58. The van der Waals surface area contributed by atoms with Gasteiger partial charge in [-0.2, -0.15) is 12.8 Å². The van der Waals surface area contributed by atoms with Gasteiger partial charge >= 0.3 is 0 Å². The minimum Gasteiger partial charge on any atom is -0.388 e. The summed E-state index contributed by atoms with van der Waals surface area (Å²) in [5.41, 5.74) is 5.88. The predicted molar refractivity (Wildman–Crippen MR) is 54.3 cm³/mol. The number of nitrogens with two attached hydrogens (primary N) is 1. The van der Waals surface area contributed by atoms with Crippen LogP contribution in [0.4, 0.5) is 0 Å². The Bertz CT molecular complexity index is 391. The van der Waals surface area contributed by atoms with Crippen molar-refractivity contribution in [2.45, 2.75) is 12.8 Å². The van der Waals surface area contributed by atoms with Gasteiger partial charge in [0.1, 0.15) is 0 Å². The molecule has 0 radical (unpaired) electrons. The van der Waals surface area contributed by atoms with E-state index in [4.69, 9.17) is 5.73 Å². The third kappa shape index (κ3) is 1.80. The second-order valence-corrected chi connectivity index (χ2v) is 5.19. The molecule has 2 aliphatic rings. The summed E-state index contributed by atoms with van der Waals surface area (Å²) >= 11 is 0. The van der Waals surface area contributed by atoms with Gasteiger partial charge in [0.05, 0.1) is 5.71 Å². The van der Waals surface area contributed by atoms with Gasteiger partial charge in [-0.05, 0) is 32.0 Å².